The smallest absolute Gasteiger partial charge is 0.343 e. The van der Waals surface area contributed by atoms with E-state index >= 15 is 0 Å². The summed E-state index contributed by atoms with van der Waals surface area (Å²) in [5.74, 6) is -1.57. The maximum atomic E-state index is 14.3. The minimum absolute atomic E-state index is 0.142. The van der Waals surface area contributed by atoms with Gasteiger partial charge >= 0.3 is 12.0 Å². The molecular weight excluding hydrogens is 775 g/mol. The molecule has 4 amide bonds. The van der Waals surface area contributed by atoms with Crippen LogP contribution in [0.1, 0.15) is 46.7 Å². The van der Waals surface area contributed by atoms with Crippen molar-refractivity contribution in [1.29, 1.82) is 0 Å². The number of aromatic nitrogens is 4. The topological polar surface area (TPSA) is 170 Å². The van der Waals surface area contributed by atoms with Crippen molar-refractivity contribution in [1.82, 2.24) is 50.2 Å². The van der Waals surface area contributed by atoms with Crippen molar-refractivity contribution in [3.8, 4) is 11.4 Å². The zero-order valence-corrected chi connectivity index (χ0v) is 33.1. The fourth-order valence-electron chi connectivity index (χ4n) is 8.19. The van der Waals surface area contributed by atoms with Crippen molar-refractivity contribution >= 4 is 47.0 Å². The zero-order valence-electron chi connectivity index (χ0n) is 31.6. The minimum atomic E-state index is -1.17. The van der Waals surface area contributed by atoms with Crippen molar-refractivity contribution in [2.45, 2.75) is 36.8 Å². The summed E-state index contributed by atoms with van der Waals surface area (Å²) in [7, 11) is 3.25. The van der Waals surface area contributed by atoms with Gasteiger partial charge in [-0.1, -0.05) is 59.6 Å². The van der Waals surface area contributed by atoms with Gasteiger partial charge in [-0.25, -0.2) is 24.3 Å². The van der Waals surface area contributed by atoms with Gasteiger partial charge in [-0.2, -0.15) is 0 Å². The molecule has 4 saturated heterocycles. The van der Waals surface area contributed by atoms with Crippen LogP contribution in [0.2, 0.25) is 10.0 Å². The first kappa shape index (κ1) is 40.1. The van der Waals surface area contributed by atoms with Gasteiger partial charge in [-0.3, -0.25) is 19.8 Å². The number of carbonyl (C=O) groups excluding carboxylic acids is 3. The van der Waals surface area contributed by atoms with Crippen LogP contribution >= 0.6 is 23.2 Å². The number of aliphatic carboxylic acids is 1. The number of piperazine rings is 1. The summed E-state index contributed by atoms with van der Waals surface area (Å²) in [5, 5.41) is 27.6. The van der Waals surface area contributed by atoms with Gasteiger partial charge in [0.05, 0.1) is 33.8 Å². The number of nitrogens with one attached hydrogen (secondary N) is 1. The minimum Gasteiger partial charge on any atom is -0.496 e. The van der Waals surface area contributed by atoms with E-state index in [1.165, 1.54) is 23.1 Å². The number of carboxylic acid groups (broad SMARTS) is 1. The van der Waals surface area contributed by atoms with Gasteiger partial charge in [-0.05, 0) is 90.8 Å². The predicted molar refractivity (Wildman–Crippen MR) is 210 cm³/mol. The van der Waals surface area contributed by atoms with E-state index in [0.29, 0.717) is 98.7 Å². The number of urea groups is 1. The Bertz CT molecular complexity index is 2090. The van der Waals surface area contributed by atoms with E-state index in [1.54, 1.807) is 46.1 Å². The fourth-order valence-corrected chi connectivity index (χ4v) is 8.50. The number of methoxy groups -OCH3 is 1. The molecule has 18 heteroatoms. The molecule has 0 aliphatic carbocycles. The summed E-state index contributed by atoms with van der Waals surface area (Å²) in [6, 6.07) is 19.4. The highest BCUT2D eigenvalue weighted by Gasteiger charge is 2.49. The number of ether oxygens (including phenoxy) is 1. The molecule has 0 spiro atoms. The summed E-state index contributed by atoms with van der Waals surface area (Å²) < 4.78 is 7.02. The first-order valence-electron chi connectivity index (χ1n) is 18.7. The molecule has 0 unspecified atom stereocenters. The second-order valence-electron chi connectivity index (χ2n) is 14.6. The molecule has 1 aromatic heterocycles. The van der Waals surface area contributed by atoms with Crippen molar-refractivity contribution in [2.75, 3.05) is 66.5 Å². The van der Waals surface area contributed by atoms with E-state index in [9.17, 15) is 24.3 Å². The summed E-state index contributed by atoms with van der Waals surface area (Å²) in [4.78, 5) is 59.8. The van der Waals surface area contributed by atoms with Crippen LogP contribution in [0.3, 0.4) is 0 Å². The van der Waals surface area contributed by atoms with E-state index in [2.05, 4.69) is 25.7 Å². The number of likely N-dealkylation sites (N-methyl/N-ethyl adjacent to an activating group) is 1. The van der Waals surface area contributed by atoms with Crippen LogP contribution in [0.25, 0.3) is 5.69 Å². The third-order valence-electron chi connectivity index (χ3n) is 11.4. The number of carbonyl (C=O) groups is 4. The number of nitrogens with zero attached hydrogens (tertiary/aromatic N) is 9. The molecule has 5 heterocycles. The number of fused-ring (bicyclic) bond motifs is 3. The largest absolute Gasteiger partial charge is 0.496 e. The molecule has 4 aliphatic rings. The van der Waals surface area contributed by atoms with Gasteiger partial charge in [0, 0.05) is 45.7 Å². The van der Waals surface area contributed by atoms with Gasteiger partial charge in [0.15, 0.2) is 0 Å². The number of carboxylic acids is 1. The second kappa shape index (κ2) is 17.2. The summed E-state index contributed by atoms with van der Waals surface area (Å²) >= 11 is 12.8. The van der Waals surface area contributed by atoms with Crippen LogP contribution in [0.5, 0.6) is 5.75 Å². The summed E-state index contributed by atoms with van der Waals surface area (Å²) in [6.07, 6.45) is 1.79. The maximum absolute atomic E-state index is 14.3. The number of amides is 4. The maximum Gasteiger partial charge on any atom is 0.343 e. The highest BCUT2D eigenvalue weighted by Crippen LogP contribution is 2.37. The van der Waals surface area contributed by atoms with E-state index < -0.39 is 29.5 Å². The number of hydrogen-bond acceptors (Lipinski definition) is 11. The number of imide groups is 1. The molecule has 0 radical (unpaired) electrons. The number of piperidine rings is 1. The van der Waals surface area contributed by atoms with Crippen molar-refractivity contribution in [3.05, 3.63) is 99.8 Å². The lowest BCUT2D eigenvalue weighted by molar-refractivity contribution is -0.190. The molecule has 4 aromatic rings. The molecule has 16 nitrogen and oxygen atoms in total. The van der Waals surface area contributed by atoms with Crippen LogP contribution in [0, 0.1) is 0 Å². The lowest BCUT2D eigenvalue weighted by Crippen LogP contribution is -2.74. The highest BCUT2D eigenvalue weighted by atomic mass is 35.5. The van der Waals surface area contributed by atoms with Crippen molar-refractivity contribution < 1.29 is 29.0 Å². The van der Waals surface area contributed by atoms with Gasteiger partial charge in [0.25, 0.3) is 5.91 Å². The van der Waals surface area contributed by atoms with Crippen LogP contribution in [-0.2, 0) is 15.0 Å². The number of tetrazole rings is 1. The third kappa shape index (κ3) is 8.32. The average Bonchev–Trinajstić information content (AvgIpc) is 3.79. The molecule has 4 fully saturated rings. The zero-order chi connectivity index (χ0) is 40.3. The predicted octanol–water partition coefficient (Wildman–Crippen LogP) is 3.75. The first-order valence-corrected chi connectivity index (χ1v) is 19.5. The first-order chi connectivity index (χ1) is 27.5. The van der Waals surface area contributed by atoms with Crippen LogP contribution in [0.15, 0.2) is 73.1 Å². The number of benzene rings is 3. The molecule has 57 heavy (non-hydrogen) atoms. The SMILES string of the molecule is COc1ccc(-n2cnnn2)cc1C(=O)N(C)C[C@@H](CCN1CCC(C(=O)NC(=O)N2[C@@H](C(=O)O)N3CCN2CC3)(c2ccccc2)CC1)c1ccc(Cl)c(Cl)c1. The Labute approximate surface area is 339 Å². The fraction of sp³-hybridized carbons (Fsp3) is 0.410. The molecule has 2 atom stereocenters. The van der Waals surface area contributed by atoms with Gasteiger partial charge < -0.3 is 19.6 Å². The molecule has 2 bridgehead atoms. The summed E-state index contributed by atoms with van der Waals surface area (Å²) in [5.41, 5.74) is 1.66. The summed E-state index contributed by atoms with van der Waals surface area (Å²) in [6.45, 7) is 4.18. The van der Waals surface area contributed by atoms with Crippen molar-refractivity contribution in [3.63, 3.8) is 0 Å². The van der Waals surface area contributed by atoms with E-state index in [0.717, 1.165) is 11.1 Å². The van der Waals surface area contributed by atoms with E-state index in [4.69, 9.17) is 27.9 Å². The van der Waals surface area contributed by atoms with Crippen LogP contribution < -0.4 is 10.1 Å². The lowest BCUT2D eigenvalue weighted by atomic mass is 9.72. The van der Waals surface area contributed by atoms with Gasteiger partial charge in [-0.15, -0.1) is 5.10 Å². The number of hydrogen-bond donors (Lipinski definition) is 2. The Morgan fingerprint density at radius 3 is 2.35 bits per heavy atom. The Kier molecular flexibility index (Phi) is 12.1. The molecular formula is C39H44Cl2N10O6. The molecule has 2 N–H and O–H groups in total. The van der Waals surface area contributed by atoms with Gasteiger partial charge in [0.1, 0.15) is 12.1 Å². The Hall–Kier alpha value is -5.13. The van der Waals surface area contributed by atoms with E-state index in [1.807, 2.05) is 42.5 Å². The van der Waals surface area contributed by atoms with E-state index in [-0.39, 0.29) is 11.8 Å². The standard InChI is InChI=1S/C39H44Cl2N10O6/c1-46(35(52)30-23-29(9-11-33(30)57-2)50-25-42-44-45-50)24-27(26-8-10-31(40)32(41)22-26)12-15-47-16-13-39(14-17-47,28-6-4-3-5-7-28)37(55)43-38(56)51-34(36(53)54)48-18-20-49(51)21-19-48/h3-11,22-23,25,27,34H,12-21,24H2,1-2H3,(H,53,54)(H,43,55,56)/t27-,34+/m1/s1. The second-order valence-corrected chi connectivity index (χ2v) is 15.4. The highest BCUT2D eigenvalue weighted by molar-refractivity contribution is 6.42. The Morgan fingerprint density at radius 2 is 1.70 bits per heavy atom. The van der Waals surface area contributed by atoms with Crippen molar-refractivity contribution in [2.24, 2.45) is 0 Å². The molecule has 4 aliphatic heterocycles. The normalized spacial score (nSPS) is 20.8. The molecule has 3 aromatic carbocycles. The quantitative estimate of drug-likeness (QED) is 0.213. The van der Waals surface area contributed by atoms with Crippen LogP contribution in [-0.4, -0.2) is 147 Å². The monoisotopic (exact) mass is 818 g/mol. The van der Waals surface area contributed by atoms with Crippen LogP contribution in [0.4, 0.5) is 4.79 Å². The Morgan fingerprint density at radius 1 is 0.965 bits per heavy atom. The number of likely N-dealkylation sites (tertiary alicyclic amines) is 1. The molecule has 300 valence electrons. The number of rotatable bonds is 12. The Balaban J connectivity index is 1.06. The number of halogens is 2. The molecule has 8 rings (SSSR count). The third-order valence-corrected chi connectivity index (χ3v) is 12.1. The van der Waals surface area contributed by atoms with Gasteiger partial charge in [0.2, 0.25) is 12.1 Å². The number of hydrazine groups is 1. The lowest BCUT2D eigenvalue weighted by Gasteiger charge is -2.52. The molecule has 0 saturated carbocycles. The average molecular weight is 820 g/mol.